The van der Waals surface area contributed by atoms with Crippen LogP contribution in [-0.2, 0) is 9.84 Å². The van der Waals surface area contributed by atoms with Gasteiger partial charge in [-0.15, -0.1) is 0 Å². The Bertz CT molecular complexity index is 1070. The third-order valence-electron chi connectivity index (χ3n) is 5.65. The molecule has 0 bridgehead atoms. The van der Waals surface area contributed by atoms with Crippen molar-refractivity contribution in [1.82, 2.24) is 4.98 Å². The van der Waals surface area contributed by atoms with Crippen LogP contribution in [0.25, 0.3) is 22.0 Å². The highest BCUT2D eigenvalue weighted by atomic mass is 32.2. The van der Waals surface area contributed by atoms with Gasteiger partial charge >= 0.3 is 0 Å². The summed E-state index contributed by atoms with van der Waals surface area (Å²) in [6.45, 7) is 3.65. The molecule has 1 unspecified atom stereocenters. The van der Waals surface area contributed by atoms with Crippen molar-refractivity contribution >= 4 is 20.7 Å². The molecule has 0 amide bonds. The maximum absolute atomic E-state index is 13.2. The molecule has 1 aliphatic heterocycles. The predicted octanol–water partition coefficient (Wildman–Crippen LogP) is 5.04. The van der Waals surface area contributed by atoms with Crippen LogP contribution >= 0.6 is 0 Å². The van der Waals surface area contributed by atoms with Crippen molar-refractivity contribution in [3.8, 4) is 11.1 Å². The Balaban J connectivity index is 1.75. The topological polar surface area (TPSA) is 49.9 Å². The Labute approximate surface area is 153 Å². The minimum absolute atomic E-state index is 0.214. The van der Waals surface area contributed by atoms with Gasteiger partial charge in [-0.05, 0) is 73.6 Å². The monoisotopic (exact) mass is 371 g/mol. The van der Waals surface area contributed by atoms with Gasteiger partial charge in [0.2, 0.25) is 0 Å². The minimum Gasteiger partial charge on any atom is -0.361 e. The summed E-state index contributed by atoms with van der Waals surface area (Å²) in [7, 11) is -3.04. The van der Waals surface area contributed by atoms with Crippen LogP contribution in [0, 0.1) is 5.82 Å². The van der Waals surface area contributed by atoms with Gasteiger partial charge in [0.1, 0.15) is 5.82 Å². The van der Waals surface area contributed by atoms with Crippen molar-refractivity contribution in [2.24, 2.45) is 0 Å². The number of hydrogen-bond donors (Lipinski definition) is 1. The van der Waals surface area contributed by atoms with Gasteiger partial charge in [-0.3, -0.25) is 0 Å². The first-order chi connectivity index (χ1) is 12.3. The summed E-state index contributed by atoms with van der Waals surface area (Å²) in [6, 6.07) is 12.6. The third kappa shape index (κ3) is 2.84. The Hall–Kier alpha value is -2.14. The van der Waals surface area contributed by atoms with E-state index in [2.05, 4.69) is 11.1 Å². The maximum Gasteiger partial charge on any atom is 0.155 e. The zero-order valence-electron chi connectivity index (χ0n) is 14.9. The summed E-state index contributed by atoms with van der Waals surface area (Å²) in [6.07, 6.45) is 3.29. The number of sulfone groups is 1. The summed E-state index contributed by atoms with van der Waals surface area (Å²) in [5.41, 5.74) is 4.21. The zero-order valence-corrected chi connectivity index (χ0v) is 15.7. The predicted molar refractivity (Wildman–Crippen MR) is 104 cm³/mol. The van der Waals surface area contributed by atoms with Gasteiger partial charge in [-0.2, -0.15) is 0 Å². The van der Waals surface area contributed by atoms with Crippen molar-refractivity contribution in [1.29, 1.82) is 0 Å². The van der Waals surface area contributed by atoms with E-state index in [-0.39, 0.29) is 17.5 Å². The van der Waals surface area contributed by atoms with E-state index in [0.29, 0.717) is 12.8 Å². The Kier molecular flexibility index (Phi) is 3.95. The van der Waals surface area contributed by atoms with E-state index in [0.717, 1.165) is 22.0 Å². The minimum atomic E-state index is -3.04. The van der Waals surface area contributed by atoms with E-state index >= 15 is 0 Å². The average Bonchev–Trinajstić information content (AvgIpc) is 3.01. The van der Waals surface area contributed by atoms with Crippen molar-refractivity contribution < 1.29 is 12.8 Å². The molecule has 1 aliphatic rings. The number of fused-ring (bicyclic) bond motifs is 1. The molecule has 1 N–H and O–H groups in total. The van der Waals surface area contributed by atoms with Crippen LogP contribution in [0.15, 0.2) is 48.7 Å². The molecule has 1 fully saturated rings. The molecule has 2 heterocycles. The smallest absolute Gasteiger partial charge is 0.155 e. The second kappa shape index (κ2) is 5.95. The molecule has 26 heavy (non-hydrogen) atoms. The lowest BCUT2D eigenvalue weighted by Crippen LogP contribution is -2.40. The lowest BCUT2D eigenvalue weighted by Gasteiger charge is -2.34. The number of halogens is 1. The SMILES string of the molecule is CC1(C)CC(c2c[nH]c3ccc(-c4ccc(F)cc4)cc23)CCS1(=O)=O. The number of aromatic nitrogens is 1. The maximum atomic E-state index is 13.2. The Morgan fingerprint density at radius 3 is 2.46 bits per heavy atom. The lowest BCUT2D eigenvalue weighted by atomic mass is 9.86. The van der Waals surface area contributed by atoms with Crippen LogP contribution in [0.5, 0.6) is 0 Å². The highest BCUT2D eigenvalue weighted by Gasteiger charge is 2.41. The fraction of sp³-hybridized carbons (Fsp3) is 0.333. The molecule has 1 aromatic heterocycles. The molecular weight excluding hydrogens is 349 g/mol. The van der Waals surface area contributed by atoms with E-state index in [1.54, 1.807) is 12.1 Å². The number of hydrogen-bond acceptors (Lipinski definition) is 2. The number of benzene rings is 2. The fourth-order valence-corrected chi connectivity index (χ4v) is 5.57. The quantitative estimate of drug-likeness (QED) is 0.686. The van der Waals surface area contributed by atoms with Gasteiger partial charge in [-0.1, -0.05) is 18.2 Å². The first-order valence-corrected chi connectivity index (χ1v) is 10.5. The van der Waals surface area contributed by atoms with Crippen LogP contribution in [0.3, 0.4) is 0 Å². The Morgan fingerprint density at radius 1 is 1.08 bits per heavy atom. The molecular formula is C21H22FNO2S. The molecule has 5 heteroatoms. The van der Waals surface area contributed by atoms with E-state index in [1.807, 2.05) is 32.2 Å². The van der Waals surface area contributed by atoms with Gasteiger partial charge in [0, 0.05) is 17.1 Å². The van der Waals surface area contributed by atoms with Gasteiger partial charge in [0.15, 0.2) is 9.84 Å². The first-order valence-electron chi connectivity index (χ1n) is 8.86. The lowest BCUT2D eigenvalue weighted by molar-refractivity contribution is 0.451. The molecule has 1 saturated heterocycles. The number of aromatic amines is 1. The average molecular weight is 371 g/mol. The largest absolute Gasteiger partial charge is 0.361 e. The normalized spacial score (nSPS) is 21.7. The molecule has 0 spiro atoms. The highest BCUT2D eigenvalue weighted by molar-refractivity contribution is 7.92. The first kappa shape index (κ1) is 17.3. The molecule has 4 rings (SSSR count). The van der Waals surface area contributed by atoms with Crippen LogP contribution in [0.4, 0.5) is 4.39 Å². The molecule has 0 saturated carbocycles. The molecule has 3 nitrogen and oxygen atoms in total. The molecule has 2 aromatic carbocycles. The van der Waals surface area contributed by atoms with Gasteiger partial charge in [0.05, 0.1) is 10.5 Å². The van der Waals surface area contributed by atoms with Crippen LogP contribution in [-0.4, -0.2) is 23.9 Å². The van der Waals surface area contributed by atoms with E-state index in [1.165, 1.54) is 17.7 Å². The fourth-order valence-electron chi connectivity index (χ4n) is 3.96. The molecule has 1 atom stereocenters. The molecule has 0 radical (unpaired) electrons. The summed E-state index contributed by atoms with van der Waals surface area (Å²) >= 11 is 0. The molecule has 136 valence electrons. The van der Waals surface area contributed by atoms with Crippen molar-refractivity contribution in [3.63, 3.8) is 0 Å². The van der Waals surface area contributed by atoms with Crippen LogP contribution < -0.4 is 0 Å². The Morgan fingerprint density at radius 2 is 1.77 bits per heavy atom. The number of rotatable bonds is 2. The summed E-state index contributed by atoms with van der Waals surface area (Å²) in [5.74, 6) is 0.197. The molecule has 3 aromatic rings. The van der Waals surface area contributed by atoms with Crippen molar-refractivity contribution in [2.75, 3.05) is 5.75 Å². The standard InChI is InChI=1S/C21H22FNO2S/c1-21(2)12-16(9-10-26(21,24)25)19-13-23-20-8-5-15(11-18(19)20)14-3-6-17(22)7-4-14/h3-8,11,13,16,23H,9-10,12H2,1-2H3. The number of H-pyrrole nitrogens is 1. The van der Waals surface area contributed by atoms with Crippen molar-refractivity contribution in [2.45, 2.75) is 37.4 Å². The second-order valence-electron chi connectivity index (χ2n) is 7.78. The van der Waals surface area contributed by atoms with Crippen LogP contribution in [0.2, 0.25) is 0 Å². The second-order valence-corrected chi connectivity index (χ2v) is 10.5. The summed E-state index contributed by atoms with van der Waals surface area (Å²) in [5, 5.41) is 1.12. The van der Waals surface area contributed by atoms with Crippen molar-refractivity contribution in [3.05, 3.63) is 60.0 Å². The highest BCUT2D eigenvalue weighted by Crippen LogP contribution is 2.42. The van der Waals surface area contributed by atoms with E-state index in [4.69, 9.17) is 0 Å². The summed E-state index contributed by atoms with van der Waals surface area (Å²) < 4.78 is 37.1. The van der Waals surface area contributed by atoms with Crippen LogP contribution in [0.1, 0.15) is 38.2 Å². The van der Waals surface area contributed by atoms with E-state index < -0.39 is 14.6 Å². The summed E-state index contributed by atoms with van der Waals surface area (Å²) in [4.78, 5) is 3.31. The van der Waals surface area contributed by atoms with Gasteiger partial charge in [0.25, 0.3) is 0 Å². The molecule has 0 aliphatic carbocycles. The van der Waals surface area contributed by atoms with Gasteiger partial charge in [-0.25, -0.2) is 12.8 Å². The third-order valence-corrected chi connectivity index (χ3v) is 8.27. The van der Waals surface area contributed by atoms with E-state index in [9.17, 15) is 12.8 Å². The zero-order chi connectivity index (χ0) is 18.5. The van der Waals surface area contributed by atoms with Gasteiger partial charge < -0.3 is 4.98 Å². The number of nitrogens with one attached hydrogen (secondary N) is 1.